The summed E-state index contributed by atoms with van der Waals surface area (Å²) in [5, 5.41) is 4.23. The zero-order chi connectivity index (χ0) is 18.7. The molecule has 6 heteroatoms. The third-order valence-corrected chi connectivity index (χ3v) is 4.80. The molecule has 3 N–H and O–H groups in total. The van der Waals surface area contributed by atoms with Gasteiger partial charge in [-0.15, -0.1) is 0 Å². The van der Waals surface area contributed by atoms with Crippen molar-refractivity contribution in [2.45, 2.75) is 19.9 Å². The number of nitrogens with one attached hydrogen (secondary N) is 1. The van der Waals surface area contributed by atoms with Crippen LogP contribution in [0.15, 0.2) is 53.1 Å². The molecule has 0 bridgehead atoms. The molecule has 1 heterocycles. The second-order valence-electron chi connectivity index (χ2n) is 5.93. The predicted octanol–water partition coefficient (Wildman–Crippen LogP) is 4.93. The van der Waals surface area contributed by atoms with Gasteiger partial charge >= 0.3 is 5.97 Å². The Morgan fingerprint density at radius 2 is 2.04 bits per heavy atom. The quantitative estimate of drug-likeness (QED) is 0.579. The molecule has 0 aliphatic heterocycles. The lowest BCUT2D eigenvalue weighted by Gasteiger charge is -2.19. The molecule has 1 aromatic heterocycles. The lowest BCUT2D eigenvalue weighted by atomic mass is 10.1. The van der Waals surface area contributed by atoms with Gasteiger partial charge in [-0.3, -0.25) is 4.98 Å². The van der Waals surface area contributed by atoms with Crippen molar-refractivity contribution in [1.82, 2.24) is 4.98 Å². The highest BCUT2D eigenvalue weighted by Gasteiger charge is 2.17. The van der Waals surface area contributed by atoms with Crippen LogP contribution in [0.3, 0.4) is 0 Å². The highest BCUT2D eigenvalue weighted by molar-refractivity contribution is 9.10. The van der Waals surface area contributed by atoms with Crippen molar-refractivity contribution in [3.05, 3.63) is 64.3 Å². The largest absolute Gasteiger partial charge is 0.462 e. The maximum absolute atomic E-state index is 12.2. The maximum Gasteiger partial charge on any atom is 0.339 e. The van der Waals surface area contributed by atoms with Crippen LogP contribution in [-0.2, 0) is 4.74 Å². The molecule has 0 fully saturated rings. The van der Waals surface area contributed by atoms with Gasteiger partial charge in [0.25, 0.3) is 0 Å². The number of pyridine rings is 1. The van der Waals surface area contributed by atoms with Crippen molar-refractivity contribution in [3.8, 4) is 0 Å². The molecule has 134 valence electrons. The number of anilines is 2. The summed E-state index contributed by atoms with van der Waals surface area (Å²) in [5.41, 5.74) is 9.79. The van der Waals surface area contributed by atoms with Crippen molar-refractivity contribution in [3.63, 3.8) is 0 Å². The number of benzene rings is 2. The fourth-order valence-electron chi connectivity index (χ4n) is 2.80. The summed E-state index contributed by atoms with van der Waals surface area (Å²) in [5.74, 6) is -0.384. The number of esters is 1. The first-order valence-corrected chi connectivity index (χ1v) is 9.17. The van der Waals surface area contributed by atoms with Crippen molar-refractivity contribution >= 4 is 44.2 Å². The molecule has 2 aromatic carbocycles. The molecule has 0 saturated carbocycles. The molecule has 1 atom stereocenters. The van der Waals surface area contributed by atoms with Gasteiger partial charge in [-0.2, -0.15) is 0 Å². The SMILES string of the molecule is CCOC(=O)c1cc2c(N[C@H](C)c3ccccc3)c(N)cnc2cc1Br. The van der Waals surface area contributed by atoms with Crippen LogP contribution in [-0.4, -0.2) is 17.6 Å². The highest BCUT2D eigenvalue weighted by atomic mass is 79.9. The Bertz CT molecular complexity index is 945. The van der Waals surface area contributed by atoms with Crippen LogP contribution in [0.1, 0.15) is 35.8 Å². The molecule has 3 rings (SSSR count). The minimum atomic E-state index is -0.384. The van der Waals surface area contributed by atoms with Gasteiger partial charge < -0.3 is 15.8 Å². The van der Waals surface area contributed by atoms with Gasteiger partial charge in [0.15, 0.2) is 0 Å². The molecular formula is C20H20BrN3O2. The fourth-order valence-corrected chi connectivity index (χ4v) is 3.29. The summed E-state index contributed by atoms with van der Waals surface area (Å²) in [6.45, 7) is 4.15. The normalized spacial score (nSPS) is 12.0. The second kappa shape index (κ2) is 7.74. The Labute approximate surface area is 160 Å². The summed E-state index contributed by atoms with van der Waals surface area (Å²) in [6, 6.07) is 13.7. The standard InChI is InChI=1S/C20H20BrN3O2/c1-3-26-20(25)14-9-15-18(10-16(14)21)23-11-17(22)19(15)24-12(2)13-7-5-4-6-8-13/h4-12H,3,22H2,1-2H3,(H,23,24)/t12-/m1/s1. The van der Waals surface area contributed by atoms with Gasteiger partial charge in [-0.1, -0.05) is 30.3 Å². The third-order valence-electron chi connectivity index (χ3n) is 4.14. The van der Waals surface area contributed by atoms with Gasteiger partial charge in [-0.25, -0.2) is 4.79 Å². The molecule has 26 heavy (non-hydrogen) atoms. The van der Waals surface area contributed by atoms with E-state index in [-0.39, 0.29) is 12.0 Å². The van der Waals surface area contributed by atoms with E-state index in [1.807, 2.05) is 18.2 Å². The van der Waals surface area contributed by atoms with Crippen LogP contribution in [0.25, 0.3) is 10.9 Å². The molecular weight excluding hydrogens is 394 g/mol. The molecule has 0 spiro atoms. The third kappa shape index (κ3) is 3.65. The minimum Gasteiger partial charge on any atom is -0.462 e. The van der Waals surface area contributed by atoms with E-state index in [1.165, 1.54) is 0 Å². The van der Waals surface area contributed by atoms with Gasteiger partial charge in [-0.05, 0) is 47.5 Å². The topological polar surface area (TPSA) is 77.2 Å². The van der Waals surface area contributed by atoms with Crippen molar-refractivity contribution < 1.29 is 9.53 Å². The first-order chi connectivity index (χ1) is 12.5. The Balaban J connectivity index is 2.07. The van der Waals surface area contributed by atoms with Gasteiger partial charge in [0.2, 0.25) is 0 Å². The summed E-state index contributed by atoms with van der Waals surface area (Å²) in [7, 11) is 0. The van der Waals surface area contributed by atoms with Crippen LogP contribution in [0.5, 0.6) is 0 Å². The number of halogens is 1. The Kier molecular flexibility index (Phi) is 5.42. The number of nitrogens with two attached hydrogens (primary N) is 1. The molecule has 0 aliphatic rings. The van der Waals surface area contributed by atoms with Crippen LogP contribution in [0.4, 0.5) is 11.4 Å². The monoisotopic (exact) mass is 413 g/mol. The Hall–Kier alpha value is -2.60. The molecule has 0 unspecified atom stereocenters. The zero-order valence-corrected chi connectivity index (χ0v) is 16.2. The van der Waals surface area contributed by atoms with Gasteiger partial charge in [0.05, 0.1) is 35.3 Å². The molecule has 0 amide bonds. The number of nitrogens with zero attached hydrogens (tertiary/aromatic N) is 1. The number of carbonyl (C=O) groups is 1. The van der Waals surface area contributed by atoms with Crippen LogP contribution in [0, 0.1) is 0 Å². The molecule has 0 radical (unpaired) electrons. The fraction of sp³-hybridized carbons (Fsp3) is 0.200. The first-order valence-electron chi connectivity index (χ1n) is 8.37. The van der Waals surface area contributed by atoms with E-state index >= 15 is 0 Å². The van der Waals surface area contributed by atoms with E-state index in [1.54, 1.807) is 25.3 Å². The molecule has 0 aliphatic carbocycles. The average molecular weight is 414 g/mol. The van der Waals surface area contributed by atoms with E-state index in [0.717, 1.165) is 22.2 Å². The van der Waals surface area contributed by atoms with E-state index in [0.29, 0.717) is 22.3 Å². The van der Waals surface area contributed by atoms with Gasteiger partial charge in [0.1, 0.15) is 0 Å². The lowest BCUT2D eigenvalue weighted by Crippen LogP contribution is -2.10. The number of aromatic nitrogens is 1. The number of fused-ring (bicyclic) bond motifs is 1. The summed E-state index contributed by atoms with van der Waals surface area (Å²) >= 11 is 3.43. The Morgan fingerprint density at radius 1 is 1.31 bits per heavy atom. The van der Waals surface area contributed by atoms with E-state index < -0.39 is 0 Å². The molecule has 0 saturated heterocycles. The van der Waals surface area contributed by atoms with Crippen LogP contribution >= 0.6 is 15.9 Å². The van der Waals surface area contributed by atoms with Crippen LogP contribution < -0.4 is 11.1 Å². The van der Waals surface area contributed by atoms with Crippen LogP contribution in [0.2, 0.25) is 0 Å². The predicted molar refractivity (Wildman–Crippen MR) is 108 cm³/mol. The number of carbonyl (C=O) groups excluding carboxylic acids is 1. The highest BCUT2D eigenvalue weighted by Crippen LogP contribution is 2.34. The van der Waals surface area contributed by atoms with E-state index in [4.69, 9.17) is 10.5 Å². The molecule has 3 aromatic rings. The number of rotatable bonds is 5. The van der Waals surface area contributed by atoms with Crippen molar-refractivity contribution in [2.75, 3.05) is 17.7 Å². The summed E-state index contributed by atoms with van der Waals surface area (Å²) in [6.07, 6.45) is 1.62. The number of hydrogen-bond acceptors (Lipinski definition) is 5. The van der Waals surface area contributed by atoms with Crippen molar-refractivity contribution in [1.29, 1.82) is 0 Å². The lowest BCUT2D eigenvalue weighted by molar-refractivity contribution is 0.0525. The smallest absolute Gasteiger partial charge is 0.339 e. The van der Waals surface area contributed by atoms with Gasteiger partial charge in [0, 0.05) is 15.9 Å². The minimum absolute atomic E-state index is 0.0405. The first kappa shape index (κ1) is 18.2. The second-order valence-corrected chi connectivity index (χ2v) is 6.79. The van der Waals surface area contributed by atoms with Crippen molar-refractivity contribution in [2.24, 2.45) is 0 Å². The average Bonchev–Trinajstić information content (AvgIpc) is 2.64. The summed E-state index contributed by atoms with van der Waals surface area (Å²) < 4.78 is 5.78. The van der Waals surface area contributed by atoms with E-state index in [9.17, 15) is 4.79 Å². The number of hydrogen-bond donors (Lipinski definition) is 2. The van der Waals surface area contributed by atoms with E-state index in [2.05, 4.69) is 45.3 Å². The Morgan fingerprint density at radius 3 is 2.73 bits per heavy atom. The number of ether oxygens (including phenoxy) is 1. The summed E-state index contributed by atoms with van der Waals surface area (Å²) in [4.78, 5) is 16.6. The zero-order valence-electron chi connectivity index (χ0n) is 14.6. The maximum atomic E-state index is 12.2. The molecule has 5 nitrogen and oxygen atoms in total. The number of nitrogen functional groups attached to an aromatic ring is 1.